The molecule has 0 bridgehead atoms. The Morgan fingerprint density at radius 2 is 2.07 bits per heavy atom. The van der Waals surface area contributed by atoms with Gasteiger partial charge in [0.25, 0.3) is 0 Å². The van der Waals surface area contributed by atoms with Gasteiger partial charge in [-0.1, -0.05) is 0 Å². The molecule has 8 nitrogen and oxygen atoms in total. The van der Waals surface area contributed by atoms with Crippen molar-refractivity contribution < 1.29 is 22.6 Å². The smallest absolute Gasteiger partial charge is 0.168 e. The lowest BCUT2D eigenvalue weighted by Gasteiger charge is -2.26. The first-order chi connectivity index (χ1) is 14.5. The number of imidazole rings is 1. The fourth-order valence-electron chi connectivity index (χ4n) is 3.62. The lowest BCUT2D eigenvalue weighted by molar-refractivity contribution is 0.00530. The molecule has 2 saturated heterocycles. The highest BCUT2D eigenvalue weighted by atomic mass is 19.1. The molecule has 0 aromatic carbocycles. The van der Waals surface area contributed by atoms with Crippen LogP contribution in [0.3, 0.4) is 0 Å². The molecule has 2 N–H and O–H groups in total. The zero-order valence-corrected chi connectivity index (χ0v) is 16.0. The van der Waals surface area contributed by atoms with Gasteiger partial charge in [0, 0.05) is 25.2 Å². The largest absolute Gasteiger partial charge is 0.495 e. The number of hydrogen-bond donors (Lipinski definition) is 2. The molecule has 30 heavy (non-hydrogen) atoms. The second-order valence-electron chi connectivity index (χ2n) is 7.32. The van der Waals surface area contributed by atoms with Gasteiger partial charge in [0.15, 0.2) is 23.1 Å². The molecule has 5 heterocycles. The second kappa shape index (κ2) is 7.40. The average Bonchev–Trinajstić information content (AvgIpc) is 3.28. The van der Waals surface area contributed by atoms with E-state index in [2.05, 4.69) is 25.7 Å². The van der Waals surface area contributed by atoms with Crippen LogP contribution in [0, 0.1) is 11.6 Å². The summed E-state index contributed by atoms with van der Waals surface area (Å²) in [5.74, 6) is -1.37. The third-order valence-corrected chi connectivity index (χ3v) is 5.36. The van der Waals surface area contributed by atoms with Crippen LogP contribution in [0.1, 0.15) is 11.6 Å². The second-order valence-corrected chi connectivity index (χ2v) is 7.32. The van der Waals surface area contributed by atoms with Crippen molar-refractivity contribution >= 4 is 11.5 Å². The summed E-state index contributed by atoms with van der Waals surface area (Å²) in [5.41, 5.74) is 1.20. The van der Waals surface area contributed by atoms with E-state index >= 15 is 0 Å². The summed E-state index contributed by atoms with van der Waals surface area (Å²) < 4.78 is 55.0. The molecular weight excluding hydrogens is 401 g/mol. The fourth-order valence-corrected chi connectivity index (χ4v) is 3.62. The van der Waals surface area contributed by atoms with Crippen molar-refractivity contribution in [2.45, 2.75) is 18.1 Å². The van der Waals surface area contributed by atoms with E-state index in [1.165, 1.54) is 17.8 Å². The number of nitrogens with zero attached hydrogens (tertiary/aromatic N) is 4. The highest BCUT2D eigenvalue weighted by Crippen LogP contribution is 2.33. The molecule has 0 aliphatic carbocycles. The molecule has 2 unspecified atom stereocenters. The van der Waals surface area contributed by atoms with Gasteiger partial charge >= 0.3 is 0 Å². The molecule has 0 spiro atoms. The molecule has 2 aliphatic rings. The van der Waals surface area contributed by atoms with Crippen molar-refractivity contribution in [3.05, 3.63) is 35.7 Å². The van der Waals surface area contributed by atoms with Crippen LogP contribution in [-0.4, -0.2) is 65.2 Å². The Bertz CT molecular complexity index is 1100. The molecule has 0 radical (unpaired) electrons. The van der Waals surface area contributed by atoms with Gasteiger partial charge in [-0.25, -0.2) is 27.7 Å². The van der Waals surface area contributed by atoms with Crippen molar-refractivity contribution in [3.63, 3.8) is 0 Å². The number of aromatic nitrogens is 4. The predicted molar refractivity (Wildman–Crippen MR) is 101 cm³/mol. The standard InChI is InChI=1S/C19H19F3N6O2/c1-29-15-3-16-24-6-14(28(16)27-17(15)9-7-30-8-9)18-10(20)2-11(21)19(26-18)25-13-5-23-4-12(13)22/h2-3,6,9,12-13,23H,4-5,7-8H2,1H3,(H,25,26). The minimum Gasteiger partial charge on any atom is -0.495 e. The topological polar surface area (TPSA) is 85.6 Å². The number of fused-ring (bicyclic) bond motifs is 1. The van der Waals surface area contributed by atoms with E-state index in [0.717, 1.165) is 6.07 Å². The molecule has 11 heteroatoms. The van der Waals surface area contributed by atoms with Gasteiger partial charge in [0.05, 0.1) is 38.5 Å². The number of rotatable bonds is 5. The van der Waals surface area contributed by atoms with Crippen LogP contribution in [-0.2, 0) is 4.74 Å². The Morgan fingerprint density at radius 3 is 2.73 bits per heavy atom. The van der Waals surface area contributed by atoms with Crippen LogP contribution in [0.2, 0.25) is 0 Å². The summed E-state index contributed by atoms with van der Waals surface area (Å²) in [6, 6.07) is 1.77. The molecule has 2 atom stereocenters. The average molecular weight is 420 g/mol. The zero-order valence-electron chi connectivity index (χ0n) is 16.0. The number of halogens is 3. The van der Waals surface area contributed by atoms with Gasteiger partial charge in [0.1, 0.15) is 29.0 Å². The summed E-state index contributed by atoms with van der Waals surface area (Å²) in [6.07, 6.45) is 0.210. The number of alkyl halides is 1. The summed E-state index contributed by atoms with van der Waals surface area (Å²) in [5, 5.41) is 10.2. The third kappa shape index (κ3) is 3.14. The Balaban J connectivity index is 1.58. The first-order valence-electron chi connectivity index (χ1n) is 9.53. The minimum absolute atomic E-state index is 0.0548. The van der Waals surface area contributed by atoms with E-state index in [0.29, 0.717) is 36.8 Å². The highest BCUT2D eigenvalue weighted by molar-refractivity contribution is 5.63. The van der Waals surface area contributed by atoms with Crippen molar-refractivity contribution in [1.82, 2.24) is 24.9 Å². The Morgan fingerprint density at radius 1 is 1.23 bits per heavy atom. The molecule has 2 fully saturated rings. The molecule has 3 aromatic rings. The van der Waals surface area contributed by atoms with Crippen LogP contribution in [0.5, 0.6) is 5.75 Å². The quantitative estimate of drug-likeness (QED) is 0.652. The van der Waals surface area contributed by atoms with Gasteiger partial charge in [-0.05, 0) is 0 Å². The maximum absolute atomic E-state index is 14.7. The first-order valence-corrected chi connectivity index (χ1v) is 9.53. The van der Waals surface area contributed by atoms with Crippen LogP contribution in [0.15, 0.2) is 18.3 Å². The van der Waals surface area contributed by atoms with Gasteiger partial charge in [0.2, 0.25) is 0 Å². The van der Waals surface area contributed by atoms with Crippen LogP contribution in [0.25, 0.3) is 17.0 Å². The molecule has 158 valence electrons. The van der Waals surface area contributed by atoms with Crippen LogP contribution in [0.4, 0.5) is 19.0 Å². The number of hydrogen-bond acceptors (Lipinski definition) is 7. The fraction of sp³-hybridized carbons (Fsp3) is 0.421. The van der Waals surface area contributed by atoms with Gasteiger partial charge < -0.3 is 20.1 Å². The summed E-state index contributed by atoms with van der Waals surface area (Å²) in [6.45, 7) is 1.50. The van der Waals surface area contributed by atoms with E-state index in [4.69, 9.17) is 9.47 Å². The molecule has 0 saturated carbocycles. The van der Waals surface area contributed by atoms with Crippen molar-refractivity contribution in [1.29, 1.82) is 0 Å². The van der Waals surface area contributed by atoms with E-state index in [-0.39, 0.29) is 29.7 Å². The van der Waals surface area contributed by atoms with Crippen molar-refractivity contribution in [3.8, 4) is 17.1 Å². The predicted octanol–water partition coefficient (Wildman–Crippen LogP) is 1.91. The van der Waals surface area contributed by atoms with Gasteiger partial charge in [-0.3, -0.25) is 0 Å². The van der Waals surface area contributed by atoms with Crippen molar-refractivity contribution in [2.24, 2.45) is 0 Å². The lowest BCUT2D eigenvalue weighted by Crippen LogP contribution is -2.30. The lowest BCUT2D eigenvalue weighted by atomic mass is 10.0. The maximum Gasteiger partial charge on any atom is 0.168 e. The monoisotopic (exact) mass is 420 g/mol. The number of pyridine rings is 1. The van der Waals surface area contributed by atoms with E-state index < -0.39 is 23.8 Å². The minimum atomic E-state index is -1.20. The SMILES string of the molecule is COc1cc2ncc(-c3nc(NC4CNCC4F)c(F)cc3F)n2nc1C1COC1. The number of ether oxygens (including phenoxy) is 2. The third-order valence-electron chi connectivity index (χ3n) is 5.36. The Hall–Kier alpha value is -2.92. The van der Waals surface area contributed by atoms with Gasteiger partial charge in [-0.15, -0.1) is 0 Å². The normalized spacial score (nSPS) is 21.7. The molecule has 2 aliphatic heterocycles. The van der Waals surface area contributed by atoms with E-state index in [1.54, 1.807) is 6.07 Å². The molecular formula is C19H19F3N6O2. The van der Waals surface area contributed by atoms with Gasteiger partial charge in [-0.2, -0.15) is 5.10 Å². The Kier molecular flexibility index (Phi) is 4.70. The van der Waals surface area contributed by atoms with Crippen LogP contribution < -0.4 is 15.4 Å². The van der Waals surface area contributed by atoms with Crippen molar-refractivity contribution in [2.75, 3.05) is 38.7 Å². The summed E-state index contributed by atoms with van der Waals surface area (Å²) in [4.78, 5) is 8.36. The molecule has 0 amide bonds. The van der Waals surface area contributed by atoms with E-state index in [1.807, 2.05) is 0 Å². The summed E-state index contributed by atoms with van der Waals surface area (Å²) >= 11 is 0. The van der Waals surface area contributed by atoms with E-state index in [9.17, 15) is 13.2 Å². The Labute approximate surface area is 169 Å². The highest BCUT2D eigenvalue weighted by Gasteiger charge is 2.30. The summed E-state index contributed by atoms with van der Waals surface area (Å²) in [7, 11) is 1.54. The number of nitrogens with one attached hydrogen (secondary N) is 2. The van der Waals surface area contributed by atoms with Crippen LogP contribution >= 0.6 is 0 Å². The first kappa shape index (κ1) is 19.1. The maximum atomic E-state index is 14.7. The molecule has 5 rings (SSSR count). The number of anilines is 1. The number of methoxy groups -OCH3 is 1. The molecule has 3 aromatic heterocycles. The zero-order chi connectivity index (χ0) is 20.8.